The number of unbranched alkanes of at least 4 members (excludes halogenated alkanes) is 1. The molecule has 0 spiro atoms. The second kappa shape index (κ2) is 7.21. The zero-order valence-electron chi connectivity index (χ0n) is 12.9. The summed E-state index contributed by atoms with van der Waals surface area (Å²) in [6, 6.07) is 9.89. The van der Waals surface area contributed by atoms with Crippen molar-refractivity contribution >= 4 is 18.7 Å². The summed E-state index contributed by atoms with van der Waals surface area (Å²) in [7, 11) is -0.451. The van der Waals surface area contributed by atoms with E-state index < -0.39 is 7.60 Å². The average molecular weight is 310 g/mol. The Morgan fingerprint density at radius 3 is 2.52 bits per heavy atom. The highest BCUT2D eigenvalue weighted by molar-refractivity contribution is 7.72. The Bertz CT molecular complexity index is 525. The van der Waals surface area contributed by atoms with Gasteiger partial charge in [0.25, 0.3) is 0 Å². The first-order valence-electron chi connectivity index (χ1n) is 7.27. The van der Waals surface area contributed by atoms with Gasteiger partial charge in [-0.25, -0.2) is 0 Å². The predicted octanol–water partition coefficient (Wildman–Crippen LogP) is 4.11. The van der Waals surface area contributed by atoms with Crippen LogP contribution in [-0.2, 0) is 13.6 Å². The van der Waals surface area contributed by atoms with Crippen molar-refractivity contribution in [3.63, 3.8) is 0 Å². The van der Waals surface area contributed by atoms with Gasteiger partial charge in [-0.3, -0.25) is 9.57 Å². The normalized spacial score (nSPS) is 18.9. The number of nitrogens with zero attached hydrogens (tertiary/aromatic N) is 2. The molecule has 1 aromatic carbocycles. The van der Waals surface area contributed by atoms with Gasteiger partial charge in [0.2, 0.25) is 0 Å². The minimum atomic E-state index is -3.27. The molecule has 0 amide bonds. The fourth-order valence-electron chi connectivity index (χ4n) is 2.51. The lowest BCUT2D eigenvalue weighted by molar-refractivity contribution is 0.288. The molecule has 6 heteroatoms. The first kappa shape index (κ1) is 16.2. The van der Waals surface area contributed by atoms with E-state index in [1.165, 1.54) is 14.2 Å². The molecule has 2 rings (SSSR count). The number of benzene rings is 1. The molecule has 1 aromatic rings. The molecule has 1 unspecified atom stereocenters. The van der Waals surface area contributed by atoms with Gasteiger partial charge < -0.3 is 9.05 Å². The lowest BCUT2D eigenvalue weighted by atomic mass is 10.0. The van der Waals surface area contributed by atoms with Crippen molar-refractivity contribution in [2.45, 2.75) is 26.2 Å². The van der Waals surface area contributed by atoms with Crippen LogP contribution in [0, 0.1) is 5.92 Å². The van der Waals surface area contributed by atoms with Gasteiger partial charge in [-0.05, 0) is 18.6 Å². The lowest BCUT2D eigenvalue weighted by Crippen LogP contribution is -2.20. The Hall–Kier alpha value is -1.16. The van der Waals surface area contributed by atoms with E-state index in [0.717, 1.165) is 31.5 Å². The Morgan fingerprint density at radius 1 is 1.29 bits per heavy atom. The molecule has 0 fully saturated rings. The predicted molar refractivity (Wildman–Crippen MR) is 85.9 cm³/mol. The van der Waals surface area contributed by atoms with Crippen LogP contribution in [-0.4, -0.2) is 26.2 Å². The number of para-hydroxylation sites is 1. The highest BCUT2D eigenvalue weighted by Crippen LogP contribution is 2.53. The summed E-state index contributed by atoms with van der Waals surface area (Å²) in [5.41, 5.74) is 1.54. The minimum absolute atomic E-state index is 0.107. The summed E-state index contributed by atoms with van der Waals surface area (Å²) in [6.45, 7) is 2.86. The zero-order valence-corrected chi connectivity index (χ0v) is 13.8. The number of anilines is 1. The molecule has 0 N–H and O–H groups in total. The molecule has 21 heavy (non-hydrogen) atoms. The lowest BCUT2D eigenvalue weighted by Gasteiger charge is -2.18. The fourth-order valence-corrected chi connectivity index (χ4v) is 3.91. The maximum Gasteiger partial charge on any atom is 0.377 e. The molecule has 0 aliphatic carbocycles. The fraction of sp³-hybridized carbons (Fsp3) is 0.533. The van der Waals surface area contributed by atoms with Crippen molar-refractivity contribution in [1.29, 1.82) is 0 Å². The van der Waals surface area contributed by atoms with Gasteiger partial charge >= 0.3 is 7.60 Å². The summed E-state index contributed by atoms with van der Waals surface area (Å²) in [5.74, 6) is 0.107. The molecular formula is C15H23N2O3P. The maximum atomic E-state index is 12.7. The Morgan fingerprint density at radius 2 is 1.95 bits per heavy atom. The van der Waals surface area contributed by atoms with Crippen molar-refractivity contribution in [3.05, 3.63) is 30.3 Å². The summed E-state index contributed by atoms with van der Waals surface area (Å²) >= 11 is 0. The number of rotatable bonds is 7. The Balaban J connectivity index is 2.29. The van der Waals surface area contributed by atoms with Gasteiger partial charge in [0.05, 0.1) is 12.2 Å². The van der Waals surface area contributed by atoms with Crippen molar-refractivity contribution in [3.8, 4) is 0 Å². The van der Waals surface area contributed by atoms with Crippen LogP contribution in [0.15, 0.2) is 35.4 Å². The SMILES string of the molecule is CCCCC1CN(c2ccccc2)N=C1P(=O)(OC)OC. The zero-order chi connectivity index (χ0) is 15.3. The molecule has 1 heterocycles. The molecule has 0 saturated heterocycles. The monoisotopic (exact) mass is 310 g/mol. The summed E-state index contributed by atoms with van der Waals surface area (Å²) in [4.78, 5) is 0. The Kier molecular flexibility index (Phi) is 5.57. The topological polar surface area (TPSA) is 51.1 Å². The van der Waals surface area contributed by atoms with Crippen molar-refractivity contribution in [1.82, 2.24) is 0 Å². The minimum Gasteiger partial charge on any atom is -0.308 e. The molecule has 1 aliphatic heterocycles. The van der Waals surface area contributed by atoms with E-state index in [4.69, 9.17) is 9.05 Å². The van der Waals surface area contributed by atoms with E-state index in [1.54, 1.807) is 0 Å². The quantitative estimate of drug-likeness (QED) is 0.711. The standard InChI is InChI=1S/C15H23N2O3P/c1-4-5-9-13-12-17(14-10-7-6-8-11-14)16-15(13)21(18,19-2)20-3/h6-8,10-11,13H,4-5,9,12H2,1-3H3. The highest BCUT2D eigenvalue weighted by atomic mass is 31.2. The van der Waals surface area contributed by atoms with Gasteiger partial charge in [-0.15, -0.1) is 0 Å². The molecule has 116 valence electrons. The first-order valence-corrected chi connectivity index (χ1v) is 8.82. The van der Waals surface area contributed by atoms with Crippen LogP contribution >= 0.6 is 7.60 Å². The molecular weight excluding hydrogens is 287 g/mol. The van der Waals surface area contributed by atoms with E-state index in [0.29, 0.717) is 5.45 Å². The molecule has 1 atom stereocenters. The molecule has 0 aromatic heterocycles. The van der Waals surface area contributed by atoms with Crippen LogP contribution in [0.2, 0.25) is 0 Å². The largest absolute Gasteiger partial charge is 0.377 e. The van der Waals surface area contributed by atoms with E-state index >= 15 is 0 Å². The van der Waals surface area contributed by atoms with E-state index in [1.807, 2.05) is 35.3 Å². The van der Waals surface area contributed by atoms with E-state index in [9.17, 15) is 4.57 Å². The van der Waals surface area contributed by atoms with Gasteiger partial charge in [0.15, 0.2) is 5.45 Å². The summed E-state index contributed by atoms with van der Waals surface area (Å²) in [5, 5.41) is 6.43. The van der Waals surface area contributed by atoms with E-state index in [-0.39, 0.29) is 5.92 Å². The third kappa shape index (κ3) is 3.54. The highest BCUT2D eigenvalue weighted by Gasteiger charge is 2.41. The molecule has 0 radical (unpaired) electrons. The second-order valence-electron chi connectivity index (χ2n) is 5.08. The smallest absolute Gasteiger partial charge is 0.308 e. The number of hydrogen-bond donors (Lipinski definition) is 0. The Labute approximate surface area is 126 Å². The third-order valence-corrected chi connectivity index (χ3v) is 5.68. The molecule has 0 saturated carbocycles. The van der Waals surface area contributed by atoms with Crippen LogP contribution in [0.5, 0.6) is 0 Å². The van der Waals surface area contributed by atoms with Crippen LogP contribution in [0.3, 0.4) is 0 Å². The third-order valence-electron chi connectivity index (χ3n) is 3.70. The van der Waals surface area contributed by atoms with Crippen LogP contribution in [0.25, 0.3) is 0 Å². The number of hydrogen-bond acceptors (Lipinski definition) is 5. The van der Waals surface area contributed by atoms with E-state index in [2.05, 4.69) is 12.0 Å². The molecule has 0 bridgehead atoms. The summed E-state index contributed by atoms with van der Waals surface area (Å²) < 4.78 is 23.0. The van der Waals surface area contributed by atoms with Crippen molar-refractivity contribution in [2.75, 3.05) is 25.8 Å². The molecule has 1 aliphatic rings. The van der Waals surface area contributed by atoms with Crippen LogP contribution in [0.1, 0.15) is 26.2 Å². The summed E-state index contributed by atoms with van der Waals surface area (Å²) in [6.07, 6.45) is 3.11. The molecule has 5 nitrogen and oxygen atoms in total. The van der Waals surface area contributed by atoms with Gasteiger partial charge in [0.1, 0.15) is 0 Å². The van der Waals surface area contributed by atoms with Gasteiger partial charge in [-0.2, -0.15) is 5.10 Å². The van der Waals surface area contributed by atoms with Gasteiger partial charge in [-0.1, -0.05) is 38.0 Å². The maximum absolute atomic E-state index is 12.7. The van der Waals surface area contributed by atoms with Crippen LogP contribution in [0.4, 0.5) is 5.69 Å². The van der Waals surface area contributed by atoms with Gasteiger partial charge in [0, 0.05) is 20.1 Å². The van der Waals surface area contributed by atoms with Crippen LogP contribution < -0.4 is 5.01 Å². The second-order valence-corrected chi connectivity index (χ2v) is 7.26. The van der Waals surface area contributed by atoms with Crippen molar-refractivity contribution < 1.29 is 13.6 Å². The van der Waals surface area contributed by atoms with Crippen molar-refractivity contribution in [2.24, 2.45) is 11.0 Å². The average Bonchev–Trinajstić information content (AvgIpc) is 2.98. The number of hydrazone groups is 1. The first-order chi connectivity index (χ1) is 10.1.